The zero-order chi connectivity index (χ0) is 11.5. The molecular formula is C11H24N2OS. The van der Waals surface area contributed by atoms with E-state index in [1.54, 1.807) is 0 Å². The Morgan fingerprint density at radius 2 is 1.87 bits per heavy atom. The fourth-order valence-corrected chi connectivity index (χ4v) is 2.86. The SMILES string of the molecule is CC(C)NCC(C)(C)N1CCS(=O)CC1. The van der Waals surface area contributed by atoms with Gasteiger partial charge in [-0.3, -0.25) is 9.11 Å². The van der Waals surface area contributed by atoms with Crippen LogP contribution >= 0.6 is 0 Å². The summed E-state index contributed by atoms with van der Waals surface area (Å²) in [5.74, 6) is 1.68. The number of rotatable bonds is 4. The van der Waals surface area contributed by atoms with Crippen LogP contribution in [0.4, 0.5) is 0 Å². The van der Waals surface area contributed by atoms with Gasteiger partial charge in [0.05, 0.1) is 0 Å². The van der Waals surface area contributed by atoms with Crippen LogP contribution in [0.5, 0.6) is 0 Å². The smallest absolute Gasteiger partial charge is 0.0363 e. The van der Waals surface area contributed by atoms with Gasteiger partial charge >= 0.3 is 0 Å². The summed E-state index contributed by atoms with van der Waals surface area (Å²) in [5.41, 5.74) is 0.175. The fraction of sp³-hybridized carbons (Fsp3) is 1.00. The number of nitrogens with zero attached hydrogens (tertiary/aromatic N) is 1. The topological polar surface area (TPSA) is 32.3 Å². The molecule has 0 atom stereocenters. The van der Waals surface area contributed by atoms with E-state index < -0.39 is 10.8 Å². The maximum Gasteiger partial charge on any atom is 0.0363 e. The molecule has 0 bridgehead atoms. The molecule has 0 aromatic rings. The van der Waals surface area contributed by atoms with E-state index in [9.17, 15) is 4.21 Å². The first kappa shape index (κ1) is 13.1. The van der Waals surface area contributed by atoms with Crippen LogP contribution < -0.4 is 5.32 Å². The Morgan fingerprint density at radius 3 is 2.33 bits per heavy atom. The third-order valence-electron chi connectivity index (χ3n) is 2.98. The predicted octanol–water partition coefficient (Wildman–Crippen LogP) is 0.827. The van der Waals surface area contributed by atoms with Crippen LogP contribution in [0.3, 0.4) is 0 Å². The molecule has 0 saturated carbocycles. The molecule has 1 aliphatic heterocycles. The number of nitrogens with one attached hydrogen (secondary N) is 1. The lowest BCUT2D eigenvalue weighted by atomic mass is 10.0. The summed E-state index contributed by atoms with van der Waals surface area (Å²) in [5, 5.41) is 3.48. The van der Waals surface area contributed by atoms with Gasteiger partial charge in [0.25, 0.3) is 0 Å². The molecule has 15 heavy (non-hydrogen) atoms. The van der Waals surface area contributed by atoms with Crippen LogP contribution in [0, 0.1) is 0 Å². The lowest BCUT2D eigenvalue weighted by Gasteiger charge is -2.41. The van der Waals surface area contributed by atoms with Crippen molar-refractivity contribution in [1.82, 2.24) is 10.2 Å². The molecule has 0 spiro atoms. The van der Waals surface area contributed by atoms with Gasteiger partial charge in [-0.2, -0.15) is 0 Å². The van der Waals surface area contributed by atoms with Crippen LogP contribution in [0.15, 0.2) is 0 Å². The molecule has 1 aliphatic rings. The maximum atomic E-state index is 11.3. The Hall–Kier alpha value is 0.0700. The Labute approximate surface area is 96.1 Å². The average Bonchev–Trinajstić information content (AvgIpc) is 2.16. The van der Waals surface area contributed by atoms with E-state index in [4.69, 9.17) is 0 Å². The van der Waals surface area contributed by atoms with Gasteiger partial charge in [-0.25, -0.2) is 0 Å². The van der Waals surface area contributed by atoms with Gasteiger partial charge in [0, 0.05) is 53.5 Å². The van der Waals surface area contributed by atoms with E-state index in [1.165, 1.54) is 0 Å². The fourth-order valence-electron chi connectivity index (χ4n) is 1.81. The van der Waals surface area contributed by atoms with Crippen molar-refractivity contribution in [3.8, 4) is 0 Å². The van der Waals surface area contributed by atoms with E-state index in [-0.39, 0.29) is 5.54 Å². The van der Waals surface area contributed by atoms with Gasteiger partial charge in [0.2, 0.25) is 0 Å². The normalized spacial score (nSPS) is 21.1. The maximum absolute atomic E-state index is 11.3. The molecular weight excluding hydrogens is 208 g/mol. The minimum atomic E-state index is -0.571. The summed E-state index contributed by atoms with van der Waals surface area (Å²) in [4.78, 5) is 2.45. The lowest BCUT2D eigenvalue weighted by molar-refractivity contribution is 0.128. The quantitative estimate of drug-likeness (QED) is 0.779. The van der Waals surface area contributed by atoms with Gasteiger partial charge < -0.3 is 5.32 Å². The highest BCUT2D eigenvalue weighted by atomic mass is 32.2. The van der Waals surface area contributed by atoms with Crippen molar-refractivity contribution < 1.29 is 4.21 Å². The monoisotopic (exact) mass is 232 g/mol. The summed E-state index contributed by atoms with van der Waals surface area (Å²) in [7, 11) is -0.571. The standard InChI is InChI=1S/C11H24N2OS/c1-10(2)12-9-11(3,4)13-5-7-15(14)8-6-13/h10,12H,5-9H2,1-4H3. The zero-order valence-electron chi connectivity index (χ0n) is 10.4. The molecule has 0 aromatic heterocycles. The molecule has 1 N–H and O–H groups in total. The first-order valence-corrected chi connectivity index (χ1v) is 7.24. The van der Waals surface area contributed by atoms with Gasteiger partial charge in [-0.1, -0.05) is 13.8 Å². The second-order valence-electron chi connectivity index (χ2n) is 5.18. The number of hydrogen-bond acceptors (Lipinski definition) is 3. The van der Waals surface area contributed by atoms with Crippen molar-refractivity contribution in [2.24, 2.45) is 0 Å². The highest BCUT2D eigenvalue weighted by Gasteiger charge is 2.29. The Bertz CT molecular complexity index is 219. The summed E-state index contributed by atoms with van der Waals surface area (Å²) in [6.45, 7) is 11.8. The molecule has 3 nitrogen and oxygen atoms in total. The van der Waals surface area contributed by atoms with Crippen molar-refractivity contribution in [3.63, 3.8) is 0 Å². The molecule has 0 aliphatic carbocycles. The summed E-state index contributed by atoms with van der Waals surface area (Å²) in [6.07, 6.45) is 0. The van der Waals surface area contributed by atoms with E-state index >= 15 is 0 Å². The highest BCUT2D eigenvalue weighted by Crippen LogP contribution is 2.16. The minimum absolute atomic E-state index is 0.175. The first-order chi connectivity index (χ1) is 6.92. The van der Waals surface area contributed by atoms with Crippen LogP contribution in [-0.2, 0) is 10.8 Å². The van der Waals surface area contributed by atoms with Gasteiger partial charge in [0.1, 0.15) is 0 Å². The molecule has 1 heterocycles. The molecule has 0 amide bonds. The summed E-state index contributed by atoms with van der Waals surface area (Å²) in [6, 6.07) is 0.531. The molecule has 1 fully saturated rings. The van der Waals surface area contributed by atoms with Gasteiger partial charge in [-0.05, 0) is 13.8 Å². The first-order valence-electron chi connectivity index (χ1n) is 5.75. The van der Waals surface area contributed by atoms with Gasteiger partial charge in [0.15, 0.2) is 0 Å². The number of hydrogen-bond donors (Lipinski definition) is 1. The summed E-state index contributed by atoms with van der Waals surface area (Å²) >= 11 is 0. The molecule has 90 valence electrons. The second-order valence-corrected chi connectivity index (χ2v) is 6.88. The Morgan fingerprint density at radius 1 is 1.33 bits per heavy atom. The Kier molecular flexibility index (Phi) is 4.74. The van der Waals surface area contributed by atoms with E-state index in [0.29, 0.717) is 6.04 Å². The van der Waals surface area contributed by atoms with Crippen LogP contribution in [0.1, 0.15) is 27.7 Å². The predicted molar refractivity (Wildman–Crippen MR) is 66.7 cm³/mol. The van der Waals surface area contributed by atoms with E-state index in [2.05, 4.69) is 37.9 Å². The van der Waals surface area contributed by atoms with Crippen molar-refractivity contribution in [1.29, 1.82) is 0 Å². The van der Waals surface area contributed by atoms with Crippen molar-refractivity contribution >= 4 is 10.8 Å². The molecule has 1 saturated heterocycles. The largest absolute Gasteiger partial charge is 0.313 e. The van der Waals surface area contributed by atoms with E-state index in [1.807, 2.05) is 0 Å². The van der Waals surface area contributed by atoms with Crippen LogP contribution in [0.2, 0.25) is 0 Å². The van der Waals surface area contributed by atoms with Crippen LogP contribution in [0.25, 0.3) is 0 Å². The van der Waals surface area contributed by atoms with Crippen molar-refractivity contribution in [2.45, 2.75) is 39.3 Å². The third-order valence-corrected chi connectivity index (χ3v) is 4.25. The summed E-state index contributed by atoms with van der Waals surface area (Å²) < 4.78 is 11.3. The van der Waals surface area contributed by atoms with Crippen molar-refractivity contribution in [2.75, 3.05) is 31.1 Å². The minimum Gasteiger partial charge on any atom is -0.313 e. The third kappa shape index (κ3) is 4.21. The molecule has 4 heteroatoms. The van der Waals surface area contributed by atoms with Crippen molar-refractivity contribution in [3.05, 3.63) is 0 Å². The highest BCUT2D eigenvalue weighted by molar-refractivity contribution is 7.85. The molecule has 0 radical (unpaired) electrons. The van der Waals surface area contributed by atoms with Gasteiger partial charge in [-0.15, -0.1) is 0 Å². The molecule has 0 aromatic carbocycles. The zero-order valence-corrected chi connectivity index (χ0v) is 11.2. The Balaban J connectivity index is 2.42. The average molecular weight is 232 g/mol. The second kappa shape index (κ2) is 5.41. The molecule has 1 rings (SSSR count). The molecule has 0 unspecified atom stereocenters. The van der Waals surface area contributed by atoms with E-state index in [0.717, 1.165) is 31.1 Å². The van der Waals surface area contributed by atoms with Crippen LogP contribution in [-0.4, -0.2) is 51.8 Å². The lowest BCUT2D eigenvalue weighted by Crippen LogP contribution is -2.55.